The highest BCUT2D eigenvalue weighted by Gasteiger charge is 2.23. The topological polar surface area (TPSA) is 96.2 Å². The predicted molar refractivity (Wildman–Crippen MR) is 72.9 cm³/mol. The van der Waals surface area contributed by atoms with Crippen LogP contribution in [0.25, 0.3) is 0 Å². The number of hydrogen-bond donors (Lipinski definition) is 4. The molecule has 3 amide bonds. The fourth-order valence-electron chi connectivity index (χ4n) is 2.22. The molecule has 1 aromatic carbocycles. The summed E-state index contributed by atoms with van der Waals surface area (Å²) in [5.41, 5.74) is 7.22. The Bertz CT molecular complexity index is 475. The van der Waals surface area contributed by atoms with E-state index < -0.39 is 6.03 Å². The minimum absolute atomic E-state index is 0.0187. The highest BCUT2D eigenvalue weighted by atomic mass is 16.2. The average molecular weight is 262 g/mol. The molecule has 0 bridgehead atoms. The van der Waals surface area contributed by atoms with Gasteiger partial charge in [-0.2, -0.15) is 0 Å². The fourth-order valence-corrected chi connectivity index (χ4v) is 2.22. The Morgan fingerprint density at radius 3 is 2.79 bits per heavy atom. The Hall–Kier alpha value is -2.24. The van der Waals surface area contributed by atoms with Gasteiger partial charge >= 0.3 is 6.03 Å². The van der Waals surface area contributed by atoms with Gasteiger partial charge in [-0.3, -0.25) is 4.79 Å². The third-order valence-electron chi connectivity index (χ3n) is 3.12. The third kappa shape index (κ3) is 3.61. The molecule has 1 aliphatic heterocycles. The zero-order chi connectivity index (χ0) is 13.7. The van der Waals surface area contributed by atoms with Gasteiger partial charge in [0.2, 0.25) is 5.91 Å². The van der Waals surface area contributed by atoms with Crippen molar-refractivity contribution in [3.05, 3.63) is 29.8 Å². The molecule has 19 heavy (non-hydrogen) atoms. The number of para-hydroxylation sites is 1. The van der Waals surface area contributed by atoms with Gasteiger partial charge < -0.3 is 21.7 Å². The van der Waals surface area contributed by atoms with Crippen LogP contribution < -0.4 is 21.7 Å². The van der Waals surface area contributed by atoms with Gasteiger partial charge in [0.25, 0.3) is 0 Å². The minimum atomic E-state index is -0.580. The molecule has 1 atom stereocenters. The second-order valence-electron chi connectivity index (χ2n) is 4.51. The molecule has 5 N–H and O–H groups in total. The molecule has 0 saturated carbocycles. The monoisotopic (exact) mass is 262 g/mol. The van der Waals surface area contributed by atoms with Gasteiger partial charge in [0, 0.05) is 37.7 Å². The van der Waals surface area contributed by atoms with Gasteiger partial charge in [-0.25, -0.2) is 4.79 Å². The summed E-state index contributed by atoms with van der Waals surface area (Å²) >= 11 is 0. The first kappa shape index (κ1) is 13.2. The molecular formula is C13H18N4O2. The largest absolute Gasteiger partial charge is 0.384 e. The van der Waals surface area contributed by atoms with Crippen molar-refractivity contribution < 1.29 is 9.59 Å². The summed E-state index contributed by atoms with van der Waals surface area (Å²) in [6, 6.07) is 7.44. The first-order valence-electron chi connectivity index (χ1n) is 6.29. The Morgan fingerprint density at radius 1 is 1.26 bits per heavy atom. The Balaban J connectivity index is 1.76. The highest BCUT2D eigenvalue weighted by molar-refractivity contribution is 5.78. The summed E-state index contributed by atoms with van der Waals surface area (Å²) < 4.78 is 0. The van der Waals surface area contributed by atoms with E-state index in [4.69, 9.17) is 5.73 Å². The number of benzene rings is 1. The summed E-state index contributed by atoms with van der Waals surface area (Å²) in [5.74, 6) is 0.190. The van der Waals surface area contributed by atoms with Crippen molar-refractivity contribution in [2.75, 3.05) is 25.0 Å². The number of hydrogen-bond acceptors (Lipinski definition) is 3. The van der Waals surface area contributed by atoms with Crippen molar-refractivity contribution in [1.29, 1.82) is 0 Å². The lowest BCUT2D eigenvalue weighted by Gasteiger charge is -2.10. The number of primary amides is 1. The lowest BCUT2D eigenvalue weighted by Crippen LogP contribution is -2.37. The van der Waals surface area contributed by atoms with Crippen LogP contribution >= 0.6 is 0 Å². The number of fused-ring (bicyclic) bond motifs is 1. The van der Waals surface area contributed by atoms with Crippen molar-refractivity contribution in [3.8, 4) is 0 Å². The molecule has 0 aliphatic carbocycles. The summed E-state index contributed by atoms with van der Waals surface area (Å²) in [7, 11) is 0. The summed E-state index contributed by atoms with van der Waals surface area (Å²) in [5, 5.41) is 8.46. The standard InChI is InChI=1S/C13H18N4O2/c14-13(19)16-6-5-15-12(18)7-9-8-17-11-4-2-1-3-10(9)11/h1-4,9,17H,5-8H2,(H,15,18)(H3,14,16,19). The molecule has 6 nitrogen and oxygen atoms in total. The average Bonchev–Trinajstić information content (AvgIpc) is 2.78. The van der Waals surface area contributed by atoms with Gasteiger partial charge in [0.05, 0.1) is 0 Å². The zero-order valence-electron chi connectivity index (χ0n) is 10.6. The van der Waals surface area contributed by atoms with Crippen molar-refractivity contribution >= 4 is 17.6 Å². The smallest absolute Gasteiger partial charge is 0.312 e. The molecule has 0 fully saturated rings. The van der Waals surface area contributed by atoms with E-state index in [0.29, 0.717) is 19.5 Å². The van der Waals surface area contributed by atoms with E-state index in [1.165, 1.54) is 5.56 Å². The lowest BCUT2D eigenvalue weighted by molar-refractivity contribution is -0.121. The van der Waals surface area contributed by atoms with Crippen molar-refractivity contribution in [2.45, 2.75) is 12.3 Å². The maximum atomic E-state index is 11.8. The molecule has 6 heteroatoms. The minimum Gasteiger partial charge on any atom is -0.384 e. The van der Waals surface area contributed by atoms with Crippen LogP contribution in [0.3, 0.4) is 0 Å². The lowest BCUT2D eigenvalue weighted by atomic mass is 9.98. The number of rotatable bonds is 5. The van der Waals surface area contributed by atoms with Gasteiger partial charge in [-0.15, -0.1) is 0 Å². The van der Waals surface area contributed by atoms with Gasteiger partial charge in [0.15, 0.2) is 0 Å². The number of amides is 3. The van der Waals surface area contributed by atoms with Crippen LogP contribution in [-0.2, 0) is 4.79 Å². The SMILES string of the molecule is NC(=O)NCCNC(=O)CC1CNc2ccccc21. The zero-order valence-corrected chi connectivity index (χ0v) is 10.6. The molecule has 1 aromatic rings. The molecule has 0 saturated heterocycles. The number of nitrogens with two attached hydrogens (primary N) is 1. The fraction of sp³-hybridized carbons (Fsp3) is 0.385. The number of urea groups is 1. The van der Waals surface area contributed by atoms with E-state index in [1.807, 2.05) is 24.3 Å². The summed E-state index contributed by atoms with van der Waals surface area (Å²) in [6.45, 7) is 1.52. The number of carbonyl (C=O) groups excluding carboxylic acids is 2. The molecule has 1 aliphatic rings. The molecule has 0 aromatic heterocycles. The predicted octanol–water partition coefficient (Wildman–Crippen LogP) is 0.370. The molecule has 0 radical (unpaired) electrons. The molecule has 1 heterocycles. The number of carbonyl (C=O) groups is 2. The number of anilines is 1. The molecule has 1 unspecified atom stereocenters. The van der Waals surface area contributed by atoms with E-state index in [9.17, 15) is 9.59 Å². The van der Waals surface area contributed by atoms with Crippen LogP contribution in [0.4, 0.5) is 10.5 Å². The van der Waals surface area contributed by atoms with Crippen LogP contribution in [0.5, 0.6) is 0 Å². The Kier molecular flexibility index (Phi) is 4.22. The van der Waals surface area contributed by atoms with Gasteiger partial charge in [-0.1, -0.05) is 18.2 Å². The van der Waals surface area contributed by atoms with E-state index in [2.05, 4.69) is 16.0 Å². The van der Waals surface area contributed by atoms with Crippen LogP contribution in [-0.4, -0.2) is 31.6 Å². The van der Waals surface area contributed by atoms with Crippen LogP contribution in [0.1, 0.15) is 17.9 Å². The summed E-state index contributed by atoms with van der Waals surface area (Å²) in [4.78, 5) is 22.2. The quantitative estimate of drug-likeness (QED) is 0.577. The van der Waals surface area contributed by atoms with Crippen molar-refractivity contribution in [3.63, 3.8) is 0 Å². The maximum absolute atomic E-state index is 11.8. The summed E-state index contributed by atoms with van der Waals surface area (Å²) in [6.07, 6.45) is 0.445. The second-order valence-corrected chi connectivity index (χ2v) is 4.51. The van der Waals surface area contributed by atoms with E-state index >= 15 is 0 Å². The first-order valence-corrected chi connectivity index (χ1v) is 6.29. The first-order chi connectivity index (χ1) is 9.16. The van der Waals surface area contributed by atoms with Gasteiger partial charge in [0.1, 0.15) is 0 Å². The maximum Gasteiger partial charge on any atom is 0.312 e. The Morgan fingerprint density at radius 2 is 2.00 bits per heavy atom. The van der Waals surface area contributed by atoms with Crippen LogP contribution in [0.2, 0.25) is 0 Å². The molecule has 102 valence electrons. The van der Waals surface area contributed by atoms with Crippen LogP contribution in [0.15, 0.2) is 24.3 Å². The molecule has 0 spiro atoms. The highest BCUT2D eigenvalue weighted by Crippen LogP contribution is 2.32. The third-order valence-corrected chi connectivity index (χ3v) is 3.12. The molecular weight excluding hydrogens is 244 g/mol. The Labute approximate surface area is 111 Å². The van der Waals surface area contributed by atoms with E-state index in [1.54, 1.807) is 0 Å². The number of nitrogens with one attached hydrogen (secondary N) is 3. The van der Waals surface area contributed by atoms with Crippen molar-refractivity contribution in [2.24, 2.45) is 5.73 Å². The molecule has 2 rings (SSSR count). The normalized spacial score (nSPS) is 16.3. The van der Waals surface area contributed by atoms with Gasteiger partial charge in [-0.05, 0) is 11.6 Å². The van der Waals surface area contributed by atoms with E-state index in [-0.39, 0.29) is 11.8 Å². The van der Waals surface area contributed by atoms with Crippen LogP contribution in [0, 0.1) is 0 Å². The second kappa shape index (κ2) is 6.08. The van der Waals surface area contributed by atoms with E-state index in [0.717, 1.165) is 12.2 Å². The van der Waals surface area contributed by atoms with Crippen molar-refractivity contribution in [1.82, 2.24) is 10.6 Å².